The highest BCUT2D eigenvalue weighted by Crippen LogP contribution is 2.27. The number of aryl methyl sites for hydroxylation is 1. The minimum atomic E-state index is -0.589. The number of nitrogens with zero attached hydrogens (tertiary/aromatic N) is 1. The molecule has 0 bridgehead atoms. The van der Waals surface area contributed by atoms with Crippen molar-refractivity contribution in [3.05, 3.63) is 35.3 Å². The summed E-state index contributed by atoms with van der Waals surface area (Å²) in [6, 6.07) is 4.35. The van der Waals surface area contributed by atoms with Crippen LogP contribution in [-0.4, -0.2) is 35.4 Å². The van der Waals surface area contributed by atoms with Crippen molar-refractivity contribution in [2.75, 3.05) is 13.2 Å². The average molecular weight is 364 g/mol. The molecule has 7 heteroatoms. The second kappa shape index (κ2) is 7.76. The van der Waals surface area contributed by atoms with Crippen LogP contribution in [0.3, 0.4) is 0 Å². The monoisotopic (exact) mass is 364 g/mol. The molecule has 1 amide bonds. The number of hydrogen-bond acceptors (Lipinski definition) is 4. The van der Waals surface area contributed by atoms with E-state index in [1.807, 2.05) is 0 Å². The Hall–Kier alpha value is -2.57. The summed E-state index contributed by atoms with van der Waals surface area (Å²) < 4.78 is 25.7. The molecule has 1 aromatic carbocycles. The molecule has 0 aliphatic rings. The van der Waals surface area contributed by atoms with E-state index in [0.717, 1.165) is 0 Å². The number of esters is 1. The summed E-state index contributed by atoms with van der Waals surface area (Å²) in [5.74, 6) is -0.848. The zero-order chi connectivity index (χ0) is 19.5. The van der Waals surface area contributed by atoms with Gasteiger partial charge in [0.2, 0.25) is 0 Å². The number of nitrogens with one attached hydrogen (secondary N) is 1. The number of aromatic nitrogens is 1. The molecule has 0 spiro atoms. The van der Waals surface area contributed by atoms with Crippen molar-refractivity contribution < 1.29 is 23.5 Å². The van der Waals surface area contributed by atoms with Crippen molar-refractivity contribution in [3.63, 3.8) is 0 Å². The third-order valence-electron chi connectivity index (χ3n) is 3.75. The SMILES string of the molecule is CCOC(=O)c1c(C)c2cc(F)ccc2n1CCNC(=O)OC(C)(C)C. The van der Waals surface area contributed by atoms with Gasteiger partial charge in [0, 0.05) is 24.0 Å². The van der Waals surface area contributed by atoms with Crippen molar-refractivity contribution in [2.24, 2.45) is 0 Å². The van der Waals surface area contributed by atoms with Crippen molar-refractivity contribution in [1.29, 1.82) is 0 Å². The zero-order valence-electron chi connectivity index (χ0n) is 15.8. The zero-order valence-corrected chi connectivity index (χ0v) is 15.8. The number of rotatable bonds is 5. The molecule has 0 aliphatic carbocycles. The molecule has 26 heavy (non-hydrogen) atoms. The first-order valence-electron chi connectivity index (χ1n) is 8.56. The van der Waals surface area contributed by atoms with Gasteiger partial charge in [0.15, 0.2) is 0 Å². The molecule has 1 N–H and O–H groups in total. The summed E-state index contributed by atoms with van der Waals surface area (Å²) in [5, 5.41) is 3.31. The Balaban J connectivity index is 2.28. The van der Waals surface area contributed by atoms with Gasteiger partial charge in [-0.1, -0.05) is 0 Å². The molecule has 0 saturated carbocycles. The third kappa shape index (κ3) is 4.53. The Morgan fingerprint density at radius 2 is 1.96 bits per heavy atom. The number of fused-ring (bicyclic) bond motifs is 1. The third-order valence-corrected chi connectivity index (χ3v) is 3.75. The Kier molecular flexibility index (Phi) is 5.90. The Labute approximate surface area is 152 Å². The Morgan fingerprint density at radius 1 is 1.27 bits per heavy atom. The molecule has 0 fully saturated rings. The van der Waals surface area contributed by atoms with E-state index in [9.17, 15) is 14.0 Å². The average Bonchev–Trinajstić information content (AvgIpc) is 2.78. The highest BCUT2D eigenvalue weighted by Gasteiger charge is 2.22. The number of ether oxygens (including phenoxy) is 2. The summed E-state index contributed by atoms with van der Waals surface area (Å²) in [7, 11) is 0. The Morgan fingerprint density at radius 3 is 2.58 bits per heavy atom. The highest BCUT2D eigenvalue weighted by atomic mass is 19.1. The van der Waals surface area contributed by atoms with E-state index in [2.05, 4.69) is 5.32 Å². The van der Waals surface area contributed by atoms with Crippen LogP contribution in [0.5, 0.6) is 0 Å². The first kappa shape index (κ1) is 19.8. The Bertz CT molecular complexity index is 821. The summed E-state index contributed by atoms with van der Waals surface area (Å²) in [5.41, 5.74) is 1.13. The molecule has 1 aromatic heterocycles. The van der Waals surface area contributed by atoms with Crippen molar-refractivity contribution in [3.8, 4) is 0 Å². The summed E-state index contributed by atoms with van der Waals surface area (Å²) in [6.45, 7) is 9.64. The number of carbonyl (C=O) groups is 2. The van der Waals surface area contributed by atoms with Gasteiger partial charge in [-0.3, -0.25) is 0 Å². The van der Waals surface area contributed by atoms with Gasteiger partial charge in [0.05, 0.1) is 6.61 Å². The number of alkyl carbamates (subject to hydrolysis) is 1. The smallest absolute Gasteiger partial charge is 0.407 e. The lowest BCUT2D eigenvalue weighted by Gasteiger charge is -2.20. The molecule has 142 valence electrons. The molecule has 2 aromatic rings. The number of benzene rings is 1. The molecule has 0 radical (unpaired) electrons. The summed E-state index contributed by atoms with van der Waals surface area (Å²) >= 11 is 0. The maximum absolute atomic E-state index is 13.6. The van der Waals surface area contributed by atoms with Crippen LogP contribution in [0, 0.1) is 12.7 Å². The topological polar surface area (TPSA) is 69.6 Å². The number of hydrogen-bond donors (Lipinski definition) is 1. The van der Waals surface area contributed by atoms with Crippen LogP contribution in [0.2, 0.25) is 0 Å². The number of amides is 1. The van der Waals surface area contributed by atoms with E-state index in [0.29, 0.717) is 28.7 Å². The fraction of sp³-hybridized carbons (Fsp3) is 0.474. The molecule has 0 saturated heterocycles. The standard InChI is InChI=1S/C19H25FN2O4/c1-6-25-17(23)16-12(2)14-11-13(20)7-8-15(14)22(16)10-9-21-18(24)26-19(3,4)5/h7-8,11H,6,9-10H2,1-5H3,(H,21,24). The van der Waals surface area contributed by atoms with E-state index < -0.39 is 17.7 Å². The highest BCUT2D eigenvalue weighted by molar-refractivity contribution is 5.99. The maximum Gasteiger partial charge on any atom is 0.407 e. The fourth-order valence-corrected chi connectivity index (χ4v) is 2.77. The fourth-order valence-electron chi connectivity index (χ4n) is 2.77. The van der Waals surface area contributed by atoms with Crippen LogP contribution in [0.1, 0.15) is 43.7 Å². The quantitative estimate of drug-likeness (QED) is 0.820. The normalized spacial score (nSPS) is 11.5. The molecule has 6 nitrogen and oxygen atoms in total. The molecular weight excluding hydrogens is 339 g/mol. The van der Waals surface area contributed by atoms with Gasteiger partial charge < -0.3 is 19.4 Å². The van der Waals surface area contributed by atoms with Gasteiger partial charge in [-0.05, 0) is 58.4 Å². The van der Waals surface area contributed by atoms with Crippen LogP contribution in [0.4, 0.5) is 9.18 Å². The first-order chi connectivity index (χ1) is 12.1. The lowest BCUT2D eigenvalue weighted by molar-refractivity contribution is 0.0513. The number of carbonyl (C=O) groups excluding carboxylic acids is 2. The van der Waals surface area contributed by atoms with Gasteiger partial charge in [0.25, 0.3) is 0 Å². The minimum Gasteiger partial charge on any atom is -0.461 e. The van der Waals surface area contributed by atoms with Gasteiger partial charge in [-0.15, -0.1) is 0 Å². The van der Waals surface area contributed by atoms with E-state index >= 15 is 0 Å². The number of halogens is 1. The molecule has 1 heterocycles. The van der Waals surface area contributed by atoms with Crippen molar-refractivity contribution in [1.82, 2.24) is 9.88 Å². The van der Waals surface area contributed by atoms with Crippen LogP contribution in [0.15, 0.2) is 18.2 Å². The first-order valence-corrected chi connectivity index (χ1v) is 8.56. The van der Waals surface area contributed by atoms with E-state index in [4.69, 9.17) is 9.47 Å². The van der Waals surface area contributed by atoms with Gasteiger partial charge in [-0.25, -0.2) is 14.0 Å². The molecule has 0 atom stereocenters. The van der Waals surface area contributed by atoms with Crippen molar-refractivity contribution >= 4 is 23.0 Å². The molecule has 0 aliphatic heterocycles. The molecule has 0 unspecified atom stereocenters. The van der Waals surface area contributed by atoms with Gasteiger partial charge >= 0.3 is 12.1 Å². The van der Waals surface area contributed by atoms with E-state index in [-0.39, 0.29) is 19.0 Å². The van der Waals surface area contributed by atoms with E-state index in [1.165, 1.54) is 12.1 Å². The second-order valence-electron chi connectivity index (χ2n) is 6.94. The maximum atomic E-state index is 13.6. The van der Waals surface area contributed by atoms with E-state index in [1.54, 1.807) is 45.3 Å². The van der Waals surface area contributed by atoms with Crippen LogP contribution >= 0.6 is 0 Å². The largest absolute Gasteiger partial charge is 0.461 e. The van der Waals surface area contributed by atoms with Crippen LogP contribution in [0.25, 0.3) is 10.9 Å². The second-order valence-corrected chi connectivity index (χ2v) is 6.94. The lowest BCUT2D eigenvalue weighted by atomic mass is 10.1. The molecule has 2 rings (SSSR count). The summed E-state index contributed by atoms with van der Waals surface area (Å²) in [6.07, 6.45) is -0.533. The van der Waals surface area contributed by atoms with Crippen LogP contribution in [-0.2, 0) is 16.0 Å². The van der Waals surface area contributed by atoms with Gasteiger partial charge in [0.1, 0.15) is 17.1 Å². The molecular formula is C19H25FN2O4. The predicted molar refractivity (Wildman–Crippen MR) is 96.8 cm³/mol. The van der Waals surface area contributed by atoms with Gasteiger partial charge in [-0.2, -0.15) is 0 Å². The summed E-state index contributed by atoms with van der Waals surface area (Å²) in [4.78, 5) is 24.2. The van der Waals surface area contributed by atoms with Crippen molar-refractivity contribution in [2.45, 2.75) is 46.8 Å². The predicted octanol–water partition coefficient (Wildman–Crippen LogP) is 3.79. The minimum absolute atomic E-state index is 0.240. The van der Waals surface area contributed by atoms with Crippen LogP contribution < -0.4 is 5.32 Å². The lowest BCUT2D eigenvalue weighted by Crippen LogP contribution is -2.34.